The fraction of sp³-hybridized carbons (Fsp3) is 0.600. The molecule has 5 nitrogen and oxygen atoms in total. The largest absolute Gasteiger partial charge is 0.497 e. The Morgan fingerprint density at radius 3 is 2.75 bits per heavy atom. The third-order valence-corrected chi connectivity index (χ3v) is 2.91. The summed E-state index contributed by atoms with van der Waals surface area (Å²) in [4.78, 5) is 0. The maximum atomic E-state index is 9.05. The van der Waals surface area contributed by atoms with Crippen LogP contribution in [0.1, 0.15) is 12.5 Å². The van der Waals surface area contributed by atoms with Gasteiger partial charge in [0, 0.05) is 44.4 Å². The first-order valence-electron chi connectivity index (χ1n) is 6.81. The highest BCUT2D eigenvalue weighted by atomic mass is 16.5. The highest BCUT2D eigenvalue weighted by molar-refractivity contribution is 5.40. The van der Waals surface area contributed by atoms with Gasteiger partial charge in [0.25, 0.3) is 0 Å². The number of ether oxygens (including phenoxy) is 3. The predicted octanol–water partition coefficient (Wildman–Crippen LogP) is 1.44. The van der Waals surface area contributed by atoms with Crippen LogP contribution in [0.2, 0.25) is 0 Å². The van der Waals surface area contributed by atoms with Crippen molar-refractivity contribution in [1.82, 2.24) is 5.32 Å². The maximum absolute atomic E-state index is 9.05. The summed E-state index contributed by atoms with van der Waals surface area (Å²) in [6.45, 7) is 4.70. The second-order valence-corrected chi connectivity index (χ2v) is 4.74. The minimum Gasteiger partial charge on any atom is -0.497 e. The van der Waals surface area contributed by atoms with Crippen LogP contribution < -0.4 is 14.8 Å². The summed E-state index contributed by atoms with van der Waals surface area (Å²) in [5, 5.41) is 12.3. The third-order valence-electron chi connectivity index (χ3n) is 2.91. The predicted molar refractivity (Wildman–Crippen MR) is 78.3 cm³/mol. The monoisotopic (exact) mass is 283 g/mol. The van der Waals surface area contributed by atoms with Crippen molar-refractivity contribution >= 4 is 0 Å². The van der Waals surface area contributed by atoms with Gasteiger partial charge < -0.3 is 24.6 Å². The topological polar surface area (TPSA) is 60.0 Å². The molecule has 20 heavy (non-hydrogen) atoms. The molecule has 0 aliphatic carbocycles. The molecule has 1 aromatic rings. The Labute approximate surface area is 120 Å². The van der Waals surface area contributed by atoms with Gasteiger partial charge in [0.05, 0.1) is 20.3 Å². The first kappa shape index (κ1) is 16.8. The van der Waals surface area contributed by atoms with Gasteiger partial charge in [0.15, 0.2) is 0 Å². The second kappa shape index (κ2) is 9.58. The van der Waals surface area contributed by atoms with Crippen LogP contribution in [-0.4, -0.2) is 45.7 Å². The first-order valence-corrected chi connectivity index (χ1v) is 6.81. The zero-order valence-electron chi connectivity index (χ0n) is 12.5. The molecule has 0 aromatic heterocycles. The van der Waals surface area contributed by atoms with E-state index in [1.165, 1.54) is 0 Å². The quantitative estimate of drug-likeness (QED) is 0.636. The van der Waals surface area contributed by atoms with E-state index in [2.05, 4.69) is 5.32 Å². The molecule has 0 spiro atoms. The smallest absolute Gasteiger partial charge is 0.127 e. The number of rotatable bonds is 10. The molecule has 0 bridgehead atoms. The molecule has 5 heteroatoms. The Morgan fingerprint density at radius 2 is 2.10 bits per heavy atom. The van der Waals surface area contributed by atoms with Gasteiger partial charge in [-0.05, 0) is 6.07 Å². The van der Waals surface area contributed by atoms with Crippen molar-refractivity contribution in [2.45, 2.75) is 13.5 Å². The van der Waals surface area contributed by atoms with Crippen LogP contribution in [0.4, 0.5) is 0 Å². The van der Waals surface area contributed by atoms with Gasteiger partial charge in [-0.3, -0.25) is 0 Å². The van der Waals surface area contributed by atoms with E-state index in [0.717, 1.165) is 23.6 Å². The summed E-state index contributed by atoms with van der Waals surface area (Å²) in [5.41, 5.74) is 1.06. The number of aliphatic hydroxyl groups excluding tert-OH is 1. The molecule has 0 aliphatic rings. The maximum Gasteiger partial charge on any atom is 0.127 e. The average Bonchev–Trinajstić information content (AvgIpc) is 2.49. The summed E-state index contributed by atoms with van der Waals surface area (Å²) in [6, 6.07) is 5.77. The van der Waals surface area contributed by atoms with E-state index in [-0.39, 0.29) is 12.5 Å². The fourth-order valence-electron chi connectivity index (χ4n) is 1.62. The Morgan fingerprint density at radius 1 is 1.30 bits per heavy atom. The minimum atomic E-state index is 0.107. The standard InChI is InChI=1S/C15H25NO4/c1-12(10-17)11-20-15-8-14(19-3)5-4-13(15)9-16-6-7-18-2/h4-5,8,12,16-17H,6-7,9-11H2,1-3H3. The first-order chi connectivity index (χ1) is 9.71. The van der Waals surface area contributed by atoms with E-state index in [1.54, 1.807) is 14.2 Å². The van der Waals surface area contributed by atoms with Crippen LogP contribution in [0.3, 0.4) is 0 Å². The van der Waals surface area contributed by atoms with Crippen molar-refractivity contribution in [2.24, 2.45) is 5.92 Å². The molecule has 0 radical (unpaired) electrons. The van der Waals surface area contributed by atoms with E-state index in [4.69, 9.17) is 19.3 Å². The van der Waals surface area contributed by atoms with Crippen molar-refractivity contribution in [3.63, 3.8) is 0 Å². The van der Waals surface area contributed by atoms with Gasteiger partial charge in [-0.15, -0.1) is 0 Å². The third kappa shape index (κ3) is 5.77. The molecule has 114 valence electrons. The molecule has 0 aliphatic heterocycles. The number of nitrogens with one attached hydrogen (secondary N) is 1. The minimum absolute atomic E-state index is 0.107. The van der Waals surface area contributed by atoms with Crippen LogP contribution in [-0.2, 0) is 11.3 Å². The lowest BCUT2D eigenvalue weighted by atomic mass is 10.1. The molecule has 1 rings (SSSR count). The van der Waals surface area contributed by atoms with Gasteiger partial charge in [-0.2, -0.15) is 0 Å². The van der Waals surface area contributed by atoms with Crippen molar-refractivity contribution in [3.05, 3.63) is 23.8 Å². The van der Waals surface area contributed by atoms with Gasteiger partial charge in [-0.1, -0.05) is 13.0 Å². The van der Waals surface area contributed by atoms with E-state index in [0.29, 0.717) is 19.8 Å². The molecule has 0 saturated heterocycles. The lowest BCUT2D eigenvalue weighted by molar-refractivity contribution is 0.173. The second-order valence-electron chi connectivity index (χ2n) is 4.74. The van der Waals surface area contributed by atoms with Gasteiger partial charge >= 0.3 is 0 Å². The molecule has 0 heterocycles. The number of hydrogen-bond donors (Lipinski definition) is 2. The van der Waals surface area contributed by atoms with Crippen molar-refractivity contribution < 1.29 is 19.3 Å². The summed E-state index contributed by atoms with van der Waals surface area (Å²) < 4.78 is 16.0. The number of aliphatic hydroxyl groups is 1. The number of hydrogen-bond acceptors (Lipinski definition) is 5. The molecule has 0 amide bonds. The van der Waals surface area contributed by atoms with Crippen LogP contribution >= 0.6 is 0 Å². The van der Waals surface area contributed by atoms with Crippen LogP contribution in [0.5, 0.6) is 11.5 Å². The summed E-state index contributed by atoms with van der Waals surface area (Å²) in [7, 11) is 3.31. The molecule has 2 N–H and O–H groups in total. The lowest BCUT2D eigenvalue weighted by Crippen LogP contribution is -2.19. The molecular formula is C15H25NO4. The molecule has 1 unspecified atom stereocenters. The highest BCUT2D eigenvalue weighted by Crippen LogP contribution is 2.25. The van der Waals surface area contributed by atoms with Crippen molar-refractivity contribution in [1.29, 1.82) is 0 Å². The van der Waals surface area contributed by atoms with Gasteiger partial charge in [-0.25, -0.2) is 0 Å². The van der Waals surface area contributed by atoms with Gasteiger partial charge in [0.1, 0.15) is 11.5 Å². The Kier molecular flexibility index (Phi) is 8.02. The Hall–Kier alpha value is -1.30. The number of benzene rings is 1. The zero-order valence-corrected chi connectivity index (χ0v) is 12.5. The van der Waals surface area contributed by atoms with Crippen molar-refractivity contribution in [2.75, 3.05) is 40.6 Å². The summed E-state index contributed by atoms with van der Waals surface area (Å²) in [6.07, 6.45) is 0. The number of methoxy groups -OCH3 is 2. The Bertz CT molecular complexity index is 384. The molecule has 1 aromatic carbocycles. The van der Waals surface area contributed by atoms with Crippen LogP contribution in [0.15, 0.2) is 18.2 Å². The molecule has 0 fully saturated rings. The zero-order chi connectivity index (χ0) is 14.8. The SMILES string of the molecule is COCCNCc1ccc(OC)cc1OCC(C)CO. The van der Waals surface area contributed by atoms with Gasteiger partial charge in [0.2, 0.25) is 0 Å². The van der Waals surface area contributed by atoms with E-state index >= 15 is 0 Å². The molecule has 0 saturated carbocycles. The lowest BCUT2D eigenvalue weighted by Gasteiger charge is -2.15. The summed E-state index contributed by atoms with van der Waals surface area (Å²) >= 11 is 0. The van der Waals surface area contributed by atoms with E-state index in [9.17, 15) is 0 Å². The van der Waals surface area contributed by atoms with Crippen molar-refractivity contribution in [3.8, 4) is 11.5 Å². The van der Waals surface area contributed by atoms with E-state index < -0.39 is 0 Å². The molecule has 1 atom stereocenters. The average molecular weight is 283 g/mol. The molecular weight excluding hydrogens is 258 g/mol. The normalized spacial score (nSPS) is 12.2. The fourth-order valence-corrected chi connectivity index (χ4v) is 1.62. The summed E-state index contributed by atoms with van der Waals surface area (Å²) in [5.74, 6) is 1.65. The Balaban J connectivity index is 2.65. The van der Waals surface area contributed by atoms with E-state index in [1.807, 2.05) is 25.1 Å². The van der Waals surface area contributed by atoms with Crippen LogP contribution in [0.25, 0.3) is 0 Å². The highest BCUT2D eigenvalue weighted by Gasteiger charge is 2.08. The van der Waals surface area contributed by atoms with Crippen LogP contribution in [0, 0.1) is 5.92 Å².